The van der Waals surface area contributed by atoms with Gasteiger partial charge in [0.25, 0.3) is 0 Å². The maximum Gasteiger partial charge on any atom is 0.123 e. The molecule has 0 saturated heterocycles. The van der Waals surface area contributed by atoms with Gasteiger partial charge in [-0.1, -0.05) is 23.2 Å². The molecule has 1 atom stereocenters. The Bertz CT molecular complexity index is 364. The quantitative estimate of drug-likeness (QED) is 0.821. The van der Waals surface area contributed by atoms with E-state index in [1.54, 1.807) is 0 Å². The summed E-state index contributed by atoms with van der Waals surface area (Å²) in [5.41, 5.74) is 6.01. The van der Waals surface area contributed by atoms with Crippen LogP contribution >= 0.6 is 23.2 Å². The molecule has 14 heavy (non-hydrogen) atoms. The predicted molar refractivity (Wildman–Crippen MR) is 55.3 cm³/mol. The van der Waals surface area contributed by atoms with Crippen molar-refractivity contribution >= 4 is 23.2 Å². The number of hydrogen-bond donors (Lipinski definition) is 2. The van der Waals surface area contributed by atoms with Gasteiger partial charge in [-0.15, -0.1) is 0 Å². The molecule has 1 aromatic rings. The Morgan fingerprint density at radius 2 is 2.14 bits per heavy atom. The van der Waals surface area contributed by atoms with Crippen molar-refractivity contribution in [2.24, 2.45) is 5.73 Å². The number of phenols is 1. The number of rotatable bonds is 2. The van der Waals surface area contributed by atoms with E-state index in [9.17, 15) is 5.11 Å². The SMILES string of the molecule is N#CC[C@H](N)c1c(O)cc(Cl)cc1Cl. The van der Waals surface area contributed by atoms with E-state index in [1.165, 1.54) is 12.1 Å². The van der Waals surface area contributed by atoms with E-state index in [1.807, 2.05) is 6.07 Å². The molecule has 5 heteroatoms. The summed E-state index contributed by atoms with van der Waals surface area (Å²) in [6.45, 7) is 0. The number of benzene rings is 1. The molecule has 0 aromatic heterocycles. The second-order valence-corrected chi connectivity index (χ2v) is 3.63. The third kappa shape index (κ3) is 2.30. The molecule has 0 bridgehead atoms. The Kier molecular flexibility index (Phi) is 3.59. The topological polar surface area (TPSA) is 70.0 Å². The van der Waals surface area contributed by atoms with E-state index in [0.717, 1.165) is 0 Å². The molecule has 0 amide bonds. The molecule has 3 N–H and O–H groups in total. The van der Waals surface area contributed by atoms with Gasteiger partial charge < -0.3 is 10.8 Å². The first-order chi connectivity index (χ1) is 6.56. The van der Waals surface area contributed by atoms with Gasteiger partial charge in [-0.05, 0) is 12.1 Å². The van der Waals surface area contributed by atoms with E-state index < -0.39 is 6.04 Å². The minimum absolute atomic E-state index is 0.0785. The number of halogens is 2. The summed E-state index contributed by atoms with van der Waals surface area (Å²) in [4.78, 5) is 0. The molecule has 0 radical (unpaired) electrons. The zero-order valence-electron chi connectivity index (χ0n) is 7.17. The van der Waals surface area contributed by atoms with E-state index in [0.29, 0.717) is 10.6 Å². The lowest BCUT2D eigenvalue weighted by Gasteiger charge is -2.12. The van der Waals surface area contributed by atoms with Crippen molar-refractivity contribution in [1.29, 1.82) is 5.26 Å². The Morgan fingerprint density at radius 3 is 2.64 bits per heavy atom. The first kappa shape index (κ1) is 11.1. The van der Waals surface area contributed by atoms with Crippen LogP contribution in [0.4, 0.5) is 0 Å². The molecule has 1 aromatic carbocycles. The van der Waals surface area contributed by atoms with Crippen molar-refractivity contribution in [3.8, 4) is 11.8 Å². The standard InChI is InChI=1S/C9H8Cl2N2O/c10-5-3-6(11)9(8(14)4-5)7(13)1-2-12/h3-4,7,14H,1,13H2/t7-/m0/s1. The van der Waals surface area contributed by atoms with Gasteiger partial charge in [0.2, 0.25) is 0 Å². The summed E-state index contributed by atoms with van der Waals surface area (Å²) in [5, 5.41) is 18.6. The summed E-state index contributed by atoms with van der Waals surface area (Å²) >= 11 is 11.5. The summed E-state index contributed by atoms with van der Waals surface area (Å²) < 4.78 is 0. The maximum absolute atomic E-state index is 9.51. The van der Waals surface area contributed by atoms with Gasteiger partial charge >= 0.3 is 0 Å². The minimum atomic E-state index is -0.593. The first-order valence-corrected chi connectivity index (χ1v) is 4.62. The van der Waals surface area contributed by atoms with Crippen molar-refractivity contribution in [2.45, 2.75) is 12.5 Å². The average Bonchev–Trinajstić information content (AvgIpc) is 2.01. The van der Waals surface area contributed by atoms with Gasteiger partial charge in [0.15, 0.2) is 0 Å². The second kappa shape index (κ2) is 4.52. The lowest BCUT2D eigenvalue weighted by Crippen LogP contribution is -2.10. The molecular formula is C9H8Cl2N2O. The predicted octanol–water partition coefficient (Wildman–Crippen LogP) is 2.61. The average molecular weight is 231 g/mol. The monoisotopic (exact) mass is 230 g/mol. The molecule has 0 heterocycles. The molecule has 74 valence electrons. The van der Waals surface area contributed by atoms with Crippen molar-refractivity contribution in [2.75, 3.05) is 0 Å². The van der Waals surface area contributed by atoms with Crippen LogP contribution in [0.5, 0.6) is 5.75 Å². The highest BCUT2D eigenvalue weighted by Crippen LogP contribution is 2.34. The highest BCUT2D eigenvalue weighted by atomic mass is 35.5. The summed E-state index contributed by atoms with van der Waals surface area (Å²) in [5.74, 6) is -0.0785. The third-order valence-electron chi connectivity index (χ3n) is 1.75. The summed E-state index contributed by atoms with van der Waals surface area (Å²) in [6.07, 6.45) is 0.0922. The van der Waals surface area contributed by atoms with E-state index in [-0.39, 0.29) is 17.2 Å². The number of phenolic OH excluding ortho intramolecular Hbond substituents is 1. The van der Waals surface area contributed by atoms with Crippen molar-refractivity contribution in [3.63, 3.8) is 0 Å². The van der Waals surface area contributed by atoms with E-state index in [4.69, 9.17) is 34.2 Å². The van der Waals surface area contributed by atoms with Gasteiger partial charge in [0.1, 0.15) is 5.75 Å². The van der Waals surface area contributed by atoms with Gasteiger partial charge in [-0.25, -0.2) is 0 Å². The minimum Gasteiger partial charge on any atom is -0.508 e. The van der Waals surface area contributed by atoms with Gasteiger partial charge in [0, 0.05) is 16.6 Å². The van der Waals surface area contributed by atoms with E-state index >= 15 is 0 Å². The molecule has 0 fully saturated rings. The summed E-state index contributed by atoms with van der Waals surface area (Å²) in [7, 11) is 0. The lowest BCUT2D eigenvalue weighted by atomic mass is 10.0. The molecule has 3 nitrogen and oxygen atoms in total. The van der Waals surface area contributed by atoms with Crippen LogP contribution < -0.4 is 5.73 Å². The van der Waals surface area contributed by atoms with Crippen LogP contribution in [0.25, 0.3) is 0 Å². The molecule has 0 aliphatic carbocycles. The van der Waals surface area contributed by atoms with Gasteiger partial charge in [-0.3, -0.25) is 0 Å². The van der Waals surface area contributed by atoms with Crippen molar-refractivity contribution in [3.05, 3.63) is 27.7 Å². The number of nitrogens with zero attached hydrogens (tertiary/aromatic N) is 1. The Labute approximate surface area is 91.7 Å². The highest BCUT2D eigenvalue weighted by molar-refractivity contribution is 6.35. The Hall–Kier alpha value is -0.950. The molecular weight excluding hydrogens is 223 g/mol. The fraction of sp³-hybridized carbons (Fsp3) is 0.222. The highest BCUT2D eigenvalue weighted by Gasteiger charge is 2.15. The normalized spacial score (nSPS) is 12.1. The molecule has 0 unspecified atom stereocenters. The van der Waals surface area contributed by atoms with Crippen molar-refractivity contribution < 1.29 is 5.11 Å². The molecule has 0 saturated carbocycles. The zero-order chi connectivity index (χ0) is 10.7. The van der Waals surface area contributed by atoms with Gasteiger partial charge in [0.05, 0.1) is 17.5 Å². The molecule has 0 spiro atoms. The van der Waals surface area contributed by atoms with Crippen LogP contribution in [0.1, 0.15) is 18.0 Å². The number of aromatic hydroxyl groups is 1. The van der Waals surface area contributed by atoms with Crippen LogP contribution in [0, 0.1) is 11.3 Å². The number of nitriles is 1. The molecule has 0 aliphatic rings. The van der Waals surface area contributed by atoms with Crippen LogP contribution in [0.2, 0.25) is 10.0 Å². The fourth-order valence-electron chi connectivity index (χ4n) is 1.14. The van der Waals surface area contributed by atoms with E-state index in [2.05, 4.69) is 0 Å². The molecule has 1 rings (SSSR count). The summed E-state index contributed by atoms with van der Waals surface area (Å²) in [6, 6.07) is 4.14. The van der Waals surface area contributed by atoms with Crippen LogP contribution in [-0.2, 0) is 0 Å². The maximum atomic E-state index is 9.51. The fourth-order valence-corrected chi connectivity index (χ4v) is 1.76. The largest absolute Gasteiger partial charge is 0.508 e. The first-order valence-electron chi connectivity index (χ1n) is 3.86. The lowest BCUT2D eigenvalue weighted by molar-refractivity contribution is 0.462. The van der Waals surface area contributed by atoms with Crippen LogP contribution in [0.3, 0.4) is 0 Å². The Morgan fingerprint density at radius 1 is 1.50 bits per heavy atom. The Balaban J connectivity index is 3.15. The van der Waals surface area contributed by atoms with Gasteiger partial charge in [-0.2, -0.15) is 5.26 Å². The van der Waals surface area contributed by atoms with Crippen LogP contribution in [0.15, 0.2) is 12.1 Å². The van der Waals surface area contributed by atoms with Crippen molar-refractivity contribution in [1.82, 2.24) is 0 Å². The number of nitrogens with two attached hydrogens (primary N) is 1. The number of hydrogen-bond acceptors (Lipinski definition) is 3. The zero-order valence-corrected chi connectivity index (χ0v) is 8.68. The third-order valence-corrected chi connectivity index (χ3v) is 2.29. The smallest absolute Gasteiger partial charge is 0.123 e. The molecule has 0 aliphatic heterocycles. The second-order valence-electron chi connectivity index (χ2n) is 2.79. The van der Waals surface area contributed by atoms with Crippen LogP contribution in [-0.4, -0.2) is 5.11 Å².